The summed E-state index contributed by atoms with van der Waals surface area (Å²) in [4.78, 5) is 50.2. The Hall–Kier alpha value is -2.16. The highest BCUT2D eigenvalue weighted by Gasteiger charge is 2.33. The third-order valence-corrected chi connectivity index (χ3v) is 5.30. The molecule has 0 aromatic carbocycles. The molecule has 198 valence electrons. The van der Waals surface area contributed by atoms with Crippen LogP contribution in [0.5, 0.6) is 0 Å². The Balaban J connectivity index is 5.46. The van der Waals surface area contributed by atoms with Crippen LogP contribution in [0.15, 0.2) is 0 Å². The summed E-state index contributed by atoms with van der Waals surface area (Å²) < 4.78 is 4.91. The molecule has 0 fully saturated rings. The maximum absolute atomic E-state index is 13.1. The molecule has 0 saturated heterocycles. The van der Waals surface area contributed by atoms with Crippen LogP contribution in [0.2, 0.25) is 0 Å². The van der Waals surface area contributed by atoms with Crippen LogP contribution in [0.1, 0.15) is 81.6 Å². The van der Waals surface area contributed by atoms with E-state index < -0.39 is 42.0 Å². The first-order valence-corrected chi connectivity index (χ1v) is 12.4. The molecule has 0 radical (unpaired) electrons. The molecule has 0 aliphatic heterocycles. The highest BCUT2D eigenvalue weighted by Crippen LogP contribution is 2.14. The average Bonchev–Trinajstić information content (AvgIpc) is 2.68. The number of esters is 1. The lowest BCUT2D eigenvalue weighted by Crippen LogP contribution is -2.59. The van der Waals surface area contributed by atoms with Gasteiger partial charge < -0.3 is 25.8 Å². The SMILES string of the molecule is CCOC(=O)CC(O)C(CC(C)C)NC(=O)[C@@H](NC(=O)[C@@H](NC(=O)CC(C)C)C(C)C)C(C)C. The monoisotopic (exact) mass is 485 g/mol. The molecule has 0 aliphatic rings. The normalized spacial score (nSPS) is 15.1. The van der Waals surface area contributed by atoms with Crippen molar-refractivity contribution in [3.63, 3.8) is 0 Å². The summed E-state index contributed by atoms with van der Waals surface area (Å²) in [5.41, 5.74) is 0. The third-order valence-electron chi connectivity index (χ3n) is 5.30. The van der Waals surface area contributed by atoms with Crippen molar-refractivity contribution >= 4 is 23.7 Å². The van der Waals surface area contributed by atoms with E-state index in [1.54, 1.807) is 20.8 Å². The fourth-order valence-electron chi connectivity index (χ4n) is 3.54. The van der Waals surface area contributed by atoms with Crippen molar-refractivity contribution < 1.29 is 29.0 Å². The van der Waals surface area contributed by atoms with Crippen molar-refractivity contribution in [3.05, 3.63) is 0 Å². The Morgan fingerprint density at radius 3 is 1.68 bits per heavy atom. The molecule has 9 nitrogen and oxygen atoms in total. The van der Waals surface area contributed by atoms with E-state index in [2.05, 4.69) is 16.0 Å². The molecule has 0 aromatic rings. The van der Waals surface area contributed by atoms with Crippen LogP contribution >= 0.6 is 0 Å². The first-order valence-electron chi connectivity index (χ1n) is 12.4. The first-order chi connectivity index (χ1) is 15.7. The molecule has 9 heteroatoms. The molecule has 0 bridgehead atoms. The largest absolute Gasteiger partial charge is 0.466 e. The summed E-state index contributed by atoms with van der Waals surface area (Å²) in [6, 6.07) is -2.33. The zero-order chi connectivity index (χ0) is 26.6. The van der Waals surface area contributed by atoms with Crippen LogP contribution in [0.25, 0.3) is 0 Å². The zero-order valence-electron chi connectivity index (χ0n) is 22.4. The molecule has 0 spiro atoms. The maximum Gasteiger partial charge on any atom is 0.308 e. The van der Waals surface area contributed by atoms with E-state index in [0.29, 0.717) is 12.8 Å². The van der Waals surface area contributed by atoms with Crippen LogP contribution in [0, 0.1) is 23.7 Å². The number of carbonyl (C=O) groups is 4. The highest BCUT2D eigenvalue weighted by molar-refractivity contribution is 5.92. The van der Waals surface area contributed by atoms with Gasteiger partial charge in [-0.1, -0.05) is 55.4 Å². The van der Waals surface area contributed by atoms with Gasteiger partial charge in [-0.15, -0.1) is 0 Å². The lowest BCUT2D eigenvalue weighted by atomic mass is 9.95. The molecule has 0 rings (SSSR count). The van der Waals surface area contributed by atoms with Gasteiger partial charge in [0.2, 0.25) is 17.7 Å². The first kappa shape index (κ1) is 31.8. The predicted octanol–water partition coefficient (Wildman–Crippen LogP) is 2.16. The van der Waals surface area contributed by atoms with Gasteiger partial charge in [0.05, 0.1) is 25.2 Å². The summed E-state index contributed by atoms with van der Waals surface area (Å²) in [6.07, 6.45) is -0.598. The minimum Gasteiger partial charge on any atom is -0.466 e. The molecule has 2 unspecified atom stereocenters. The van der Waals surface area contributed by atoms with Gasteiger partial charge in [-0.2, -0.15) is 0 Å². The quantitative estimate of drug-likeness (QED) is 0.263. The Bertz CT molecular complexity index is 663. The van der Waals surface area contributed by atoms with Gasteiger partial charge in [0.15, 0.2) is 0 Å². The van der Waals surface area contributed by atoms with Crippen LogP contribution in [0.3, 0.4) is 0 Å². The Labute approximate surface area is 205 Å². The molecule has 0 heterocycles. The minimum absolute atomic E-state index is 0.149. The van der Waals surface area contributed by atoms with E-state index >= 15 is 0 Å². The van der Waals surface area contributed by atoms with Crippen molar-refractivity contribution in [1.29, 1.82) is 0 Å². The summed E-state index contributed by atoms with van der Waals surface area (Å²) in [6.45, 7) is 16.9. The summed E-state index contributed by atoms with van der Waals surface area (Å²) >= 11 is 0. The van der Waals surface area contributed by atoms with Gasteiger partial charge >= 0.3 is 5.97 Å². The molecular weight excluding hydrogens is 438 g/mol. The fourth-order valence-corrected chi connectivity index (χ4v) is 3.54. The van der Waals surface area contributed by atoms with Crippen molar-refractivity contribution in [2.24, 2.45) is 23.7 Å². The van der Waals surface area contributed by atoms with Gasteiger partial charge in [-0.05, 0) is 37.0 Å². The number of aliphatic hydroxyl groups excluding tert-OH is 1. The van der Waals surface area contributed by atoms with E-state index in [1.165, 1.54) is 0 Å². The second-order valence-corrected chi connectivity index (χ2v) is 10.4. The zero-order valence-corrected chi connectivity index (χ0v) is 22.4. The molecule has 0 aliphatic carbocycles. The Morgan fingerprint density at radius 1 is 0.735 bits per heavy atom. The van der Waals surface area contributed by atoms with E-state index in [-0.39, 0.29) is 42.6 Å². The molecule has 4 N–H and O–H groups in total. The number of aliphatic hydroxyl groups is 1. The van der Waals surface area contributed by atoms with Gasteiger partial charge in [-0.25, -0.2) is 0 Å². The van der Waals surface area contributed by atoms with Crippen molar-refractivity contribution in [1.82, 2.24) is 16.0 Å². The average molecular weight is 486 g/mol. The van der Waals surface area contributed by atoms with Gasteiger partial charge in [-0.3, -0.25) is 19.2 Å². The van der Waals surface area contributed by atoms with Gasteiger partial charge in [0, 0.05) is 6.42 Å². The van der Waals surface area contributed by atoms with Crippen LogP contribution in [-0.2, 0) is 23.9 Å². The van der Waals surface area contributed by atoms with Crippen LogP contribution in [0.4, 0.5) is 0 Å². The number of amides is 3. The van der Waals surface area contributed by atoms with Crippen molar-refractivity contribution in [3.8, 4) is 0 Å². The molecular formula is C25H47N3O6. The number of ether oxygens (including phenoxy) is 1. The Morgan fingerprint density at radius 2 is 1.24 bits per heavy atom. The molecule has 0 saturated carbocycles. The number of hydrogen-bond acceptors (Lipinski definition) is 6. The van der Waals surface area contributed by atoms with Crippen LogP contribution < -0.4 is 16.0 Å². The van der Waals surface area contributed by atoms with E-state index in [0.717, 1.165) is 0 Å². The van der Waals surface area contributed by atoms with Gasteiger partial charge in [0.1, 0.15) is 12.1 Å². The predicted molar refractivity (Wildman–Crippen MR) is 132 cm³/mol. The summed E-state index contributed by atoms with van der Waals surface area (Å²) in [5, 5.41) is 19.0. The lowest BCUT2D eigenvalue weighted by Gasteiger charge is -2.30. The number of carbonyl (C=O) groups excluding carboxylic acids is 4. The summed E-state index contributed by atoms with van der Waals surface area (Å²) in [5.74, 6) is -1.75. The highest BCUT2D eigenvalue weighted by atomic mass is 16.5. The minimum atomic E-state index is -1.12. The second kappa shape index (κ2) is 15.7. The van der Waals surface area contributed by atoms with E-state index in [9.17, 15) is 24.3 Å². The molecule has 3 amide bonds. The molecule has 0 aromatic heterocycles. The van der Waals surface area contributed by atoms with Crippen molar-refractivity contribution in [2.45, 2.75) is 106 Å². The lowest BCUT2D eigenvalue weighted by molar-refractivity contribution is -0.146. The third kappa shape index (κ3) is 12.3. The standard InChI is InChI=1S/C25H47N3O6/c1-10-34-21(31)13-19(29)18(11-14(2)3)26-24(32)23(17(8)9)28-25(33)22(16(6)7)27-20(30)12-15(4)5/h14-19,22-23,29H,10-13H2,1-9H3,(H,26,32)(H,27,30)(H,28,33)/t18?,19?,22-,23-/m0/s1. The second-order valence-electron chi connectivity index (χ2n) is 10.4. The van der Waals surface area contributed by atoms with Gasteiger partial charge in [0.25, 0.3) is 0 Å². The van der Waals surface area contributed by atoms with Crippen molar-refractivity contribution in [2.75, 3.05) is 6.61 Å². The summed E-state index contributed by atoms with van der Waals surface area (Å²) in [7, 11) is 0. The molecule has 34 heavy (non-hydrogen) atoms. The molecule has 4 atom stereocenters. The number of rotatable bonds is 15. The smallest absolute Gasteiger partial charge is 0.308 e. The number of hydrogen-bond donors (Lipinski definition) is 4. The fraction of sp³-hybridized carbons (Fsp3) is 0.840. The topological polar surface area (TPSA) is 134 Å². The number of nitrogens with one attached hydrogen (secondary N) is 3. The van der Waals surface area contributed by atoms with E-state index in [4.69, 9.17) is 4.74 Å². The van der Waals surface area contributed by atoms with E-state index in [1.807, 2.05) is 41.5 Å². The Kier molecular flexibility index (Phi) is 14.7. The maximum atomic E-state index is 13.1. The van der Waals surface area contributed by atoms with Crippen LogP contribution in [-0.4, -0.2) is 59.6 Å².